The van der Waals surface area contributed by atoms with Crippen molar-refractivity contribution < 1.29 is 28.7 Å². The van der Waals surface area contributed by atoms with Gasteiger partial charge in [0, 0.05) is 12.5 Å². The van der Waals surface area contributed by atoms with Gasteiger partial charge in [-0.1, -0.05) is 89.6 Å². The summed E-state index contributed by atoms with van der Waals surface area (Å²) in [5.74, 6) is 0.346. The minimum absolute atomic E-state index is 0.0890. The number of imidazole rings is 2. The molecule has 4 aromatic rings. The Kier molecular flexibility index (Phi) is 12.6. The number of H-pyrrole nitrogens is 2. The number of rotatable bonds is 12. The van der Waals surface area contributed by atoms with Crippen LogP contribution < -0.4 is 10.6 Å². The van der Waals surface area contributed by atoms with Crippen molar-refractivity contribution >= 4 is 23.9 Å². The number of alkyl carbamates (subject to hydrolysis) is 1. The Morgan fingerprint density at radius 2 is 1.27 bits per heavy atom. The van der Waals surface area contributed by atoms with Crippen molar-refractivity contribution in [3.8, 4) is 33.6 Å². The van der Waals surface area contributed by atoms with Gasteiger partial charge in [-0.05, 0) is 65.7 Å². The molecule has 2 aromatic carbocycles. The molecule has 3 heterocycles. The minimum Gasteiger partial charge on any atom is -0.467 e. The molecule has 2 aromatic heterocycles. The molecule has 1 aliphatic carbocycles. The van der Waals surface area contributed by atoms with E-state index >= 15 is 0 Å². The lowest BCUT2D eigenvalue weighted by Gasteiger charge is -2.35. The van der Waals surface area contributed by atoms with E-state index in [0.29, 0.717) is 6.54 Å². The second-order valence-corrected chi connectivity index (χ2v) is 15.9. The van der Waals surface area contributed by atoms with E-state index in [1.54, 1.807) is 6.20 Å². The molecule has 1 unspecified atom stereocenters. The van der Waals surface area contributed by atoms with Gasteiger partial charge in [-0.25, -0.2) is 19.6 Å². The maximum atomic E-state index is 13.6. The maximum absolute atomic E-state index is 13.6. The second kappa shape index (κ2) is 17.6. The van der Waals surface area contributed by atoms with Gasteiger partial charge in [-0.3, -0.25) is 9.59 Å². The predicted octanol–water partition coefficient (Wildman–Crippen LogP) is 7.01. The molecular weight excluding hydrogens is 711 g/mol. The number of hydrogen-bond acceptors (Lipinski definition) is 8. The number of nitrogens with zero attached hydrogens (tertiary/aromatic N) is 3. The number of nitrogens with one attached hydrogen (secondary N) is 4. The first-order chi connectivity index (χ1) is 26.9. The van der Waals surface area contributed by atoms with Gasteiger partial charge in [0.25, 0.3) is 0 Å². The van der Waals surface area contributed by atoms with E-state index in [4.69, 9.17) is 14.5 Å². The summed E-state index contributed by atoms with van der Waals surface area (Å²) in [4.78, 5) is 69.7. The number of esters is 1. The highest BCUT2D eigenvalue weighted by molar-refractivity contribution is 5.87. The van der Waals surface area contributed by atoms with Gasteiger partial charge in [-0.15, -0.1) is 0 Å². The van der Waals surface area contributed by atoms with E-state index in [1.165, 1.54) is 14.2 Å². The van der Waals surface area contributed by atoms with E-state index in [1.807, 2.05) is 38.8 Å². The summed E-state index contributed by atoms with van der Waals surface area (Å²) in [5.41, 5.74) is 5.84. The fourth-order valence-electron chi connectivity index (χ4n) is 8.24. The van der Waals surface area contributed by atoms with Crippen molar-refractivity contribution in [2.24, 2.45) is 23.7 Å². The highest BCUT2D eigenvalue weighted by atomic mass is 16.5. The molecule has 13 heteroatoms. The quantitative estimate of drug-likeness (QED) is 0.112. The molecule has 0 spiro atoms. The summed E-state index contributed by atoms with van der Waals surface area (Å²) < 4.78 is 9.72. The molecule has 1 saturated carbocycles. The summed E-state index contributed by atoms with van der Waals surface area (Å²) in [6, 6.07) is 15.0. The first kappa shape index (κ1) is 40.2. The van der Waals surface area contributed by atoms with Crippen molar-refractivity contribution in [1.29, 1.82) is 0 Å². The topological polar surface area (TPSA) is 171 Å². The van der Waals surface area contributed by atoms with E-state index in [-0.39, 0.29) is 47.4 Å². The molecule has 6 rings (SSSR count). The van der Waals surface area contributed by atoms with Crippen LogP contribution in [0.5, 0.6) is 0 Å². The lowest BCUT2D eigenvalue weighted by atomic mass is 9.71. The summed E-state index contributed by atoms with van der Waals surface area (Å²) in [5, 5.41) is 5.68. The van der Waals surface area contributed by atoms with Crippen LogP contribution >= 0.6 is 0 Å². The van der Waals surface area contributed by atoms with Crippen LogP contribution in [0.1, 0.15) is 90.3 Å². The van der Waals surface area contributed by atoms with Crippen molar-refractivity contribution in [3.63, 3.8) is 0 Å². The van der Waals surface area contributed by atoms with Crippen molar-refractivity contribution in [2.45, 2.75) is 90.8 Å². The minimum atomic E-state index is -0.697. The Balaban J connectivity index is 1.12. The van der Waals surface area contributed by atoms with Crippen LogP contribution in [0, 0.1) is 23.7 Å². The van der Waals surface area contributed by atoms with Gasteiger partial charge < -0.3 is 35.0 Å². The number of ether oxygens (including phenoxy) is 2. The molecular formula is C43H55N7O6. The Morgan fingerprint density at radius 3 is 1.82 bits per heavy atom. The number of carbonyl (C=O) groups is 4. The van der Waals surface area contributed by atoms with Gasteiger partial charge in [0.15, 0.2) is 0 Å². The van der Waals surface area contributed by atoms with Gasteiger partial charge in [0.2, 0.25) is 11.8 Å². The van der Waals surface area contributed by atoms with E-state index in [9.17, 15) is 19.2 Å². The summed E-state index contributed by atoms with van der Waals surface area (Å²) in [7, 11) is 2.63. The summed E-state index contributed by atoms with van der Waals surface area (Å²) in [6.07, 6.45) is 7.43. The third kappa shape index (κ3) is 8.66. The van der Waals surface area contributed by atoms with E-state index in [2.05, 4.69) is 81.0 Å². The largest absolute Gasteiger partial charge is 0.467 e. The SMILES string of the molecule is COC(=O)NC(C(=O)N1CCC[C@H]1c1ncc(-c2ccc(-c3ccc(-c4cnc([C@@H]5CCC[C@H](C)[C@H]5C(=O)N[C@H](C(=O)OC)C(C)C)[nH]4)cc3)cc2)[nH]1)C(C)C. The first-order valence-electron chi connectivity index (χ1n) is 19.7. The predicted molar refractivity (Wildman–Crippen MR) is 213 cm³/mol. The van der Waals surface area contributed by atoms with Crippen molar-refractivity contribution in [2.75, 3.05) is 20.8 Å². The van der Waals surface area contributed by atoms with Gasteiger partial charge >= 0.3 is 12.1 Å². The number of carbonyl (C=O) groups excluding carboxylic acids is 4. The molecule has 56 heavy (non-hydrogen) atoms. The second-order valence-electron chi connectivity index (χ2n) is 15.9. The number of methoxy groups -OCH3 is 2. The zero-order valence-corrected chi connectivity index (χ0v) is 33.4. The average Bonchev–Trinajstić information content (AvgIpc) is 4.00. The number of aromatic amines is 2. The number of likely N-dealkylation sites (tertiary alicyclic amines) is 1. The van der Waals surface area contributed by atoms with Gasteiger partial charge in [0.1, 0.15) is 23.7 Å². The molecule has 2 fully saturated rings. The number of hydrogen-bond donors (Lipinski definition) is 4. The fourth-order valence-corrected chi connectivity index (χ4v) is 8.24. The molecule has 3 amide bonds. The molecule has 1 saturated heterocycles. The van der Waals surface area contributed by atoms with Crippen LogP contribution in [0.25, 0.3) is 33.6 Å². The molecule has 4 N–H and O–H groups in total. The van der Waals surface area contributed by atoms with E-state index in [0.717, 1.165) is 77.4 Å². The third-order valence-electron chi connectivity index (χ3n) is 11.5. The Morgan fingerprint density at radius 1 is 0.714 bits per heavy atom. The Bertz CT molecular complexity index is 1990. The van der Waals surface area contributed by atoms with Crippen LogP contribution in [-0.4, -0.2) is 81.6 Å². The van der Waals surface area contributed by atoms with Crippen LogP contribution in [0.15, 0.2) is 60.9 Å². The van der Waals surface area contributed by atoms with Crippen molar-refractivity contribution in [1.82, 2.24) is 35.5 Å². The van der Waals surface area contributed by atoms with Crippen LogP contribution in [0.3, 0.4) is 0 Å². The average molecular weight is 766 g/mol. The molecule has 1 aliphatic heterocycles. The Hall–Kier alpha value is -5.46. The lowest BCUT2D eigenvalue weighted by molar-refractivity contribution is -0.147. The standard InChI is InChI=1S/C43H55N7O6/c1-24(2)36(49-43(54)56-7)41(52)50-21-9-12-34(50)39-45-23-33(47-39)30-19-15-28(16-20-30)27-13-17-29(18-14-27)32-22-44-38(46-32)31-11-8-10-26(5)35(31)40(51)48-37(25(3)4)42(53)55-6/h13-20,22-26,31,34-37H,8-12,21H2,1-7H3,(H,44,46)(H,45,47)(H,48,51)(H,49,54)/t26-,31+,34-,35+,36?,37-/m0/s1. The van der Waals surface area contributed by atoms with Crippen molar-refractivity contribution in [3.05, 3.63) is 72.6 Å². The zero-order valence-electron chi connectivity index (χ0n) is 33.4. The fraction of sp³-hybridized carbons (Fsp3) is 0.488. The van der Waals surface area contributed by atoms with Gasteiger partial charge in [0.05, 0.1) is 50.0 Å². The zero-order chi connectivity index (χ0) is 40.1. The Labute approximate surface area is 328 Å². The number of aromatic nitrogens is 4. The normalized spacial score (nSPS) is 20.8. The smallest absolute Gasteiger partial charge is 0.407 e. The monoisotopic (exact) mass is 765 g/mol. The molecule has 13 nitrogen and oxygen atoms in total. The van der Waals surface area contributed by atoms with Crippen LogP contribution in [0.2, 0.25) is 0 Å². The molecule has 6 atom stereocenters. The first-order valence-corrected chi connectivity index (χ1v) is 19.7. The summed E-state index contributed by atoms with van der Waals surface area (Å²) >= 11 is 0. The maximum Gasteiger partial charge on any atom is 0.407 e. The lowest BCUT2D eigenvalue weighted by Crippen LogP contribution is -2.51. The summed E-state index contributed by atoms with van der Waals surface area (Å²) in [6.45, 7) is 10.3. The molecule has 0 bridgehead atoms. The highest BCUT2D eigenvalue weighted by Gasteiger charge is 2.41. The van der Waals surface area contributed by atoms with Gasteiger partial charge in [-0.2, -0.15) is 0 Å². The van der Waals surface area contributed by atoms with Crippen LogP contribution in [-0.2, 0) is 23.9 Å². The third-order valence-corrected chi connectivity index (χ3v) is 11.5. The molecule has 0 radical (unpaired) electrons. The van der Waals surface area contributed by atoms with E-state index < -0.39 is 24.1 Å². The number of benzene rings is 2. The highest BCUT2D eigenvalue weighted by Crippen LogP contribution is 2.41. The molecule has 2 aliphatic rings. The number of amides is 3. The molecule has 298 valence electrons. The van der Waals surface area contributed by atoms with Crippen LogP contribution in [0.4, 0.5) is 4.79 Å².